The zero-order valence-corrected chi connectivity index (χ0v) is 14.7. The number of hydrazine groups is 1. The lowest BCUT2D eigenvalue weighted by atomic mass is 9.77. The molecule has 0 saturated carbocycles. The summed E-state index contributed by atoms with van der Waals surface area (Å²) in [6.07, 6.45) is 0.765. The van der Waals surface area contributed by atoms with E-state index in [0.29, 0.717) is 30.3 Å². The summed E-state index contributed by atoms with van der Waals surface area (Å²) in [6.45, 7) is 1.72. The monoisotopic (exact) mass is 371 g/mol. The number of anilines is 1. The summed E-state index contributed by atoms with van der Waals surface area (Å²) in [5.74, 6) is 7.41. The molecule has 1 amide bonds. The van der Waals surface area contributed by atoms with Gasteiger partial charge in [0.05, 0.1) is 0 Å². The number of ether oxygens (including phenoxy) is 3. The van der Waals surface area contributed by atoms with Gasteiger partial charge in [-0.3, -0.25) is 16.1 Å². The van der Waals surface area contributed by atoms with Gasteiger partial charge in [0, 0.05) is 30.4 Å². The zero-order valence-electron chi connectivity index (χ0n) is 14.7. The molecule has 0 fully saturated rings. The lowest BCUT2D eigenvalue weighted by Gasteiger charge is -2.23. The molecule has 142 valence electrons. The smallest absolute Gasteiger partial charge is 0.245 e. The van der Waals surface area contributed by atoms with Crippen LogP contribution >= 0.6 is 0 Å². The molecule has 0 radical (unpaired) electrons. The summed E-state index contributed by atoms with van der Waals surface area (Å²) in [5.41, 5.74) is 4.57. The third kappa shape index (κ3) is 2.31. The molecule has 8 nitrogen and oxygen atoms in total. The van der Waals surface area contributed by atoms with Crippen molar-refractivity contribution in [1.82, 2.24) is 5.43 Å². The second-order valence-corrected chi connectivity index (χ2v) is 6.68. The van der Waals surface area contributed by atoms with Gasteiger partial charge in [0.25, 0.3) is 0 Å². The van der Waals surface area contributed by atoms with E-state index in [1.165, 1.54) is 0 Å². The first-order valence-corrected chi connectivity index (χ1v) is 8.67. The molecule has 0 aliphatic carbocycles. The van der Waals surface area contributed by atoms with Crippen LogP contribution in [0, 0.1) is 0 Å². The SMILES string of the molecule is NNCCCN1C(=O)C2(COc3cc4c(cc32)OCO4)c2ccccc21.O. The number of nitrogens with two attached hydrogens (primary N) is 1. The Labute approximate surface area is 156 Å². The number of nitrogens with one attached hydrogen (secondary N) is 1. The summed E-state index contributed by atoms with van der Waals surface area (Å²) >= 11 is 0. The number of hydrogen-bond donors (Lipinski definition) is 2. The lowest BCUT2D eigenvalue weighted by Crippen LogP contribution is -2.43. The van der Waals surface area contributed by atoms with E-state index in [9.17, 15) is 4.79 Å². The Morgan fingerprint density at radius 1 is 1.07 bits per heavy atom. The minimum absolute atomic E-state index is 0. The number of carbonyl (C=O) groups is 1. The Morgan fingerprint density at radius 3 is 2.67 bits per heavy atom. The molecule has 3 aliphatic rings. The summed E-state index contributed by atoms with van der Waals surface area (Å²) in [5, 5.41) is 0. The van der Waals surface area contributed by atoms with Gasteiger partial charge in [-0.15, -0.1) is 0 Å². The Balaban J connectivity index is 0.00000180. The van der Waals surface area contributed by atoms with E-state index < -0.39 is 5.41 Å². The number of nitrogens with zero attached hydrogens (tertiary/aromatic N) is 1. The molecule has 5 rings (SSSR count). The summed E-state index contributed by atoms with van der Waals surface area (Å²) in [4.78, 5) is 15.4. The third-order valence-corrected chi connectivity index (χ3v) is 5.35. The van der Waals surface area contributed by atoms with Crippen LogP contribution < -0.4 is 30.4 Å². The molecule has 2 aromatic carbocycles. The Bertz CT molecular complexity index is 903. The van der Waals surface area contributed by atoms with E-state index in [1.807, 2.05) is 41.3 Å². The average molecular weight is 371 g/mol. The number of para-hydroxylation sites is 1. The molecule has 2 aromatic rings. The van der Waals surface area contributed by atoms with Crippen molar-refractivity contribution in [3.63, 3.8) is 0 Å². The highest BCUT2D eigenvalue weighted by Gasteiger charge is 2.57. The van der Waals surface area contributed by atoms with Gasteiger partial charge >= 0.3 is 0 Å². The van der Waals surface area contributed by atoms with Crippen molar-refractivity contribution in [2.24, 2.45) is 5.84 Å². The Kier molecular flexibility index (Phi) is 4.18. The molecular weight excluding hydrogens is 350 g/mol. The number of hydrogen-bond acceptors (Lipinski definition) is 6. The molecule has 0 saturated heterocycles. The highest BCUT2D eigenvalue weighted by Crippen LogP contribution is 2.54. The van der Waals surface area contributed by atoms with E-state index >= 15 is 0 Å². The fourth-order valence-electron chi connectivity index (χ4n) is 4.13. The first kappa shape index (κ1) is 17.6. The second-order valence-electron chi connectivity index (χ2n) is 6.68. The number of rotatable bonds is 4. The van der Waals surface area contributed by atoms with Crippen LogP contribution in [0.4, 0.5) is 5.69 Å². The maximum atomic E-state index is 13.6. The molecule has 1 spiro atoms. The quantitative estimate of drug-likeness (QED) is 0.458. The summed E-state index contributed by atoms with van der Waals surface area (Å²) in [6, 6.07) is 11.6. The fourth-order valence-corrected chi connectivity index (χ4v) is 4.13. The van der Waals surface area contributed by atoms with Gasteiger partial charge in [-0.2, -0.15) is 0 Å². The molecule has 8 heteroatoms. The van der Waals surface area contributed by atoms with E-state index in [0.717, 1.165) is 23.2 Å². The van der Waals surface area contributed by atoms with Gasteiger partial charge in [0.15, 0.2) is 11.5 Å². The molecule has 27 heavy (non-hydrogen) atoms. The lowest BCUT2D eigenvalue weighted by molar-refractivity contribution is -0.122. The molecule has 0 bridgehead atoms. The fraction of sp³-hybridized carbons (Fsp3) is 0.316. The van der Waals surface area contributed by atoms with Crippen molar-refractivity contribution in [1.29, 1.82) is 0 Å². The maximum Gasteiger partial charge on any atom is 0.245 e. The first-order chi connectivity index (χ1) is 12.8. The van der Waals surface area contributed by atoms with Gasteiger partial charge < -0.3 is 24.6 Å². The highest BCUT2D eigenvalue weighted by atomic mass is 16.7. The summed E-state index contributed by atoms with van der Waals surface area (Å²) in [7, 11) is 0. The molecule has 5 N–H and O–H groups in total. The van der Waals surface area contributed by atoms with Gasteiger partial charge in [-0.25, -0.2) is 0 Å². The predicted octanol–water partition coefficient (Wildman–Crippen LogP) is 0.469. The normalized spacial score (nSPS) is 21.1. The van der Waals surface area contributed by atoms with Crippen LogP contribution in [0.25, 0.3) is 0 Å². The summed E-state index contributed by atoms with van der Waals surface area (Å²) < 4.78 is 16.9. The molecule has 3 aliphatic heterocycles. The third-order valence-electron chi connectivity index (χ3n) is 5.35. The Hall–Kier alpha value is -2.81. The minimum atomic E-state index is -0.830. The average Bonchev–Trinajstić information content (AvgIpc) is 3.33. The van der Waals surface area contributed by atoms with Crippen molar-refractivity contribution < 1.29 is 24.5 Å². The van der Waals surface area contributed by atoms with Crippen molar-refractivity contribution in [3.8, 4) is 17.2 Å². The number of benzene rings is 2. The van der Waals surface area contributed by atoms with Crippen LogP contribution in [-0.4, -0.2) is 37.9 Å². The van der Waals surface area contributed by atoms with Crippen LogP contribution in [-0.2, 0) is 10.2 Å². The van der Waals surface area contributed by atoms with Crippen molar-refractivity contribution in [3.05, 3.63) is 47.5 Å². The Morgan fingerprint density at radius 2 is 1.85 bits per heavy atom. The first-order valence-electron chi connectivity index (χ1n) is 8.67. The largest absolute Gasteiger partial charge is 0.491 e. The van der Waals surface area contributed by atoms with Crippen LogP contribution in [0.2, 0.25) is 0 Å². The number of fused-ring (bicyclic) bond motifs is 5. The highest BCUT2D eigenvalue weighted by molar-refractivity contribution is 6.11. The topological polar surface area (TPSA) is 118 Å². The zero-order chi connectivity index (χ0) is 17.7. The standard InChI is InChI=1S/C19H19N3O4.H2O/c20-21-6-3-7-22-14-5-2-1-4-12(14)19(18(22)23)10-24-15-9-17-16(8-13(15)19)25-11-26-17;/h1-2,4-5,8-9,21H,3,6-7,10-11,20H2;1H2. The van der Waals surface area contributed by atoms with Crippen molar-refractivity contribution >= 4 is 11.6 Å². The van der Waals surface area contributed by atoms with Crippen LogP contribution in [0.15, 0.2) is 36.4 Å². The van der Waals surface area contributed by atoms with Gasteiger partial charge in [-0.05, 0) is 24.1 Å². The van der Waals surface area contributed by atoms with E-state index in [1.54, 1.807) is 0 Å². The van der Waals surface area contributed by atoms with Crippen LogP contribution in [0.5, 0.6) is 17.2 Å². The predicted molar refractivity (Wildman–Crippen MR) is 98.1 cm³/mol. The van der Waals surface area contributed by atoms with Gasteiger partial charge in [-0.1, -0.05) is 18.2 Å². The second kappa shape index (κ2) is 6.41. The maximum absolute atomic E-state index is 13.6. The van der Waals surface area contributed by atoms with Gasteiger partial charge in [0.2, 0.25) is 12.7 Å². The van der Waals surface area contributed by atoms with Crippen molar-refractivity contribution in [2.75, 3.05) is 31.4 Å². The minimum Gasteiger partial charge on any atom is -0.491 e. The van der Waals surface area contributed by atoms with E-state index in [2.05, 4.69) is 5.43 Å². The van der Waals surface area contributed by atoms with Crippen molar-refractivity contribution in [2.45, 2.75) is 11.8 Å². The molecule has 1 unspecified atom stereocenters. The van der Waals surface area contributed by atoms with E-state index in [-0.39, 0.29) is 24.8 Å². The van der Waals surface area contributed by atoms with Crippen LogP contribution in [0.3, 0.4) is 0 Å². The molecule has 1 atom stereocenters. The number of carbonyl (C=O) groups excluding carboxylic acids is 1. The molecular formula is C19H21N3O5. The van der Waals surface area contributed by atoms with Gasteiger partial charge in [0.1, 0.15) is 17.8 Å². The number of amides is 1. The van der Waals surface area contributed by atoms with Crippen LogP contribution in [0.1, 0.15) is 17.5 Å². The molecule has 3 heterocycles. The van der Waals surface area contributed by atoms with E-state index in [4.69, 9.17) is 20.1 Å². The molecule has 0 aromatic heterocycles.